The summed E-state index contributed by atoms with van der Waals surface area (Å²) < 4.78 is 0. The van der Waals surface area contributed by atoms with E-state index >= 15 is 0 Å². The molecule has 0 radical (unpaired) electrons. The van der Waals surface area contributed by atoms with E-state index in [4.69, 9.17) is 5.11 Å². The van der Waals surface area contributed by atoms with Crippen LogP contribution in [-0.4, -0.2) is 35.0 Å². The van der Waals surface area contributed by atoms with E-state index < -0.39 is 5.97 Å². The van der Waals surface area contributed by atoms with Crippen LogP contribution in [0.3, 0.4) is 0 Å². The molecule has 1 atom stereocenters. The van der Waals surface area contributed by atoms with Gasteiger partial charge < -0.3 is 10.0 Å². The topological polar surface area (TPSA) is 57.6 Å². The molecule has 0 bridgehead atoms. The number of rotatable bonds is 4. The molecule has 2 fully saturated rings. The van der Waals surface area contributed by atoms with Crippen molar-refractivity contribution in [3.63, 3.8) is 0 Å². The largest absolute Gasteiger partial charge is 0.481 e. The maximum Gasteiger partial charge on any atom is 0.307 e. The summed E-state index contributed by atoms with van der Waals surface area (Å²) in [5.74, 6) is -0.639. The highest BCUT2D eigenvalue weighted by molar-refractivity contribution is 5.77. The molecule has 1 aliphatic heterocycles. The van der Waals surface area contributed by atoms with Gasteiger partial charge in [0.15, 0.2) is 0 Å². The van der Waals surface area contributed by atoms with Crippen LogP contribution in [-0.2, 0) is 16.0 Å². The minimum absolute atomic E-state index is 0.000838. The predicted octanol–water partition coefficient (Wildman–Crippen LogP) is 2.64. The van der Waals surface area contributed by atoms with E-state index in [-0.39, 0.29) is 17.2 Å². The summed E-state index contributed by atoms with van der Waals surface area (Å²) in [5, 5.41) is 9.10. The molecule has 1 unspecified atom stereocenters. The van der Waals surface area contributed by atoms with Gasteiger partial charge in [0.2, 0.25) is 5.91 Å². The van der Waals surface area contributed by atoms with E-state index in [0.29, 0.717) is 6.42 Å². The number of likely N-dealkylation sites (tertiary alicyclic amines) is 1. The first kappa shape index (κ1) is 15.1. The lowest BCUT2D eigenvalue weighted by Crippen LogP contribution is -2.40. The minimum Gasteiger partial charge on any atom is -0.481 e. The Kier molecular flexibility index (Phi) is 3.94. The number of hydrogen-bond donors (Lipinski definition) is 1. The Labute approximate surface area is 131 Å². The zero-order valence-electron chi connectivity index (χ0n) is 13.0. The number of aryl methyl sites for hydroxylation is 2. The zero-order chi connectivity index (χ0) is 15.7. The molecule has 4 nitrogen and oxygen atoms in total. The number of carbonyl (C=O) groups excluding carboxylic acids is 1. The van der Waals surface area contributed by atoms with Crippen molar-refractivity contribution >= 4 is 11.9 Å². The Bertz CT molecular complexity index is 588. The number of carbonyl (C=O) groups is 2. The molecule has 1 amide bonds. The Morgan fingerprint density at radius 3 is 2.64 bits per heavy atom. The first-order valence-electron chi connectivity index (χ1n) is 8.06. The third-order valence-electron chi connectivity index (χ3n) is 5.31. The van der Waals surface area contributed by atoms with E-state index in [2.05, 4.69) is 25.1 Å². The van der Waals surface area contributed by atoms with Crippen LogP contribution in [0.4, 0.5) is 0 Å². The third-order valence-corrected chi connectivity index (χ3v) is 5.31. The molecular weight excluding hydrogens is 278 g/mol. The molecule has 2 aliphatic rings. The van der Waals surface area contributed by atoms with Gasteiger partial charge in [-0.3, -0.25) is 9.59 Å². The average molecular weight is 301 g/mol. The molecule has 1 aliphatic carbocycles. The van der Waals surface area contributed by atoms with E-state index in [9.17, 15) is 9.59 Å². The first-order chi connectivity index (χ1) is 10.5. The lowest BCUT2D eigenvalue weighted by atomic mass is 9.90. The average Bonchev–Trinajstić information content (AvgIpc) is 3.20. The van der Waals surface area contributed by atoms with Gasteiger partial charge in [-0.25, -0.2) is 0 Å². The molecule has 4 heteroatoms. The van der Waals surface area contributed by atoms with Crippen LogP contribution < -0.4 is 0 Å². The van der Waals surface area contributed by atoms with Crippen molar-refractivity contribution in [2.24, 2.45) is 11.3 Å². The normalized spacial score (nSPS) is 22.6. The van der Waals surface area contributed by atoms with Crippen LogP contribution in [0, 0.1) is 18.3 Å². The van der Waals surface area contributed by atoms with Crippen molar-refractivity contribution in [3.8, 4) is 0 Å². The fourth-order valence-corrected chi connectivity index (χ4v) is 3.73. The Morgan fingerprint density at radius 2 is 2.05 bits per heavy atom. The second-order valence-corrected chi connectivity index (χ2v) is 6.83. The van der Waals surface area contributed by atoms with E-state index in [0.717, 1.165) is 38.8 Å². The van der Waals surface area contributed by atoms with Crippen molar-refractivity contribution in [1.29, 1.82) is 0 Å². The van der Waals surface area contributed by atoms with Crippen LogP contribution in [0.15, 0.2) is 24.3 Å². The second-order valence-electron chi connectivity index (χ2n) is 6.83. The fourth-order valence-electron chi connectivity index (χ4n) is 3.73. The number of benzene rings is 1. The smallest absolute Gasteiger partial charge is 0.307 e. The highest BCUT2D eigenvalue weighted by Gasteiger charge is 2.59. The number of nitrogens with zero attached hydrogens (tertiary/aromatic N) is 1. The number of carboxylic acids is 1. The van der Waals surface area contributed by atoms with E-state index in [1.165, 1.54) is 11.1 Å². The summed E-state index contributed by atoms with van der Waals surface area (Å²) in [6, 6.07) is 8.27. The van der Waals surface area contributed by atoms with Crippen molar-refractivity contribution in [3.05, 3.63) is 35.4 Å². The van der Waals surface area contributed by atoms with Crippen LogP contribution in [0.2, 0.25) is 0 Å². The molecule has 1 saturated heterocycles. The number of piperidine rings is 1. The fraction of sp³-hybridized carbons (Fsp3) is 0.556. The molecule has 3 rings (SSSR count). The predicted molar refractivity (Wildman–Crippen MR) is 83.5 cm³/mol. The van der Waals surface area contributed by atoms with Crippen LogP contribution in [0.25, 0.3) is 0 Å². The third kappa shape index (κ3) is 3.01. The number of aliphatic carboxylic acids is 1. The molecular formula is C18H23NO3. The van der Waals surface area contributed by atoms with E-state index in [1.807, 2.05) is 11.0 Å². The van der Waals surface area contributed by atoms with Crippen LogP contribution >= 0.6 is 0 Å². The summed E-state index contributed by atoms with van der Waals surface area (Å²) in [7, 11) is 0. The van der Waals surface area contributed by atoms with Gasteiger partial charge in [0.05, 0.1) is 5.92 Å². The summed E-state index contributed by atoms with van der Waals surface area (Å²) in [6.07, 6.45) is 3.81. The first-order valence-corrected chi connectivity index (χ1v) is 8.06. The van der Waals surface area contributed by atoms with Gasteiger partial charge in [-0.15, -0.1) is 0 Å². The lowest BCUT2D eigenvalue weighted by Gasteiger charge is -2.32. The zero-order valence-corrected chi connectivity index (χ0v) is 13.0. The lowest BCUT2D eigenvalue weighted by molar-refractivity contribution is -0.139. The molecule has 1 heterocycles. The van der Waals surface area contributed by atoms with Gasteiger partial charge in [-0.05, 0) is 43.6 Å². The molecule has 118 valence electrons. The number of hydrogen-bond acceptors (Lipinski definition) is 2. The van der Waals surface area contributed by atoms with Crippen molar-refractivity contribution < 1.29 is 14.7 Å². The molecule has 1 spiro atoms. The second kappa shape index (κ2) is 5.75. The monoisotopic (exact) mass is 301 g/mol. The molecule has 1 N–H and O–H groups in total. The summed E-state index contributed by atoms with van der Waals surface area (Å²) >= 11 is 0. The van der Waals surface area contributed by atoms with Crippen molar-refractivity contribution in [2.75, 3.05) is 13.1 Å². The number of amides is 1. The van der Waals surface area contributed by atoms with Gasteiger partial charge >= 0.3 is 5.97 Å². The Balaban J connectivity index is 1.47. The van der Waals surface area contributed by atoms with Crippen LogP contribution in [0.1, 0.15) is 36.8 Å². The standard InChI is InChI=1S/C18H23NO3/c1-13-3-2-4-14(11-13)5-6-16(20)19-9-7-18(8-10-19)12-15(18)17(21)22/h2-4,11,15H,5-10,12H2,1H3,(H,21,22). The molecule has 1 aromatic rings. The molecule has 0 aromatic heterocycles. The maximum atomic E-state index is 12.3. The summed E-state index contributed by atoms with van der Waals surface area (Å²) in [4.78, 5) is 25.3. The summed E-state index contributed by atoms with van der Waals surface area (Å²) in [5.41, 5.74) is 2.42. The van der Waals surface area contributed by atoms with Gasteiger partial charge in [0.25, 0.3) is 0 Å². The minimum atomic E-state index is -0.667. The van der Waals surface area contributed by atoms with E-state index in [1.54, 1.807) is 0 Å². The Morgan fingerprint density at radius 1 is 1.32 bits per heavy atom. The molecule has 1 saturated carbocycles. The molecule has 1 aromatic carbocycles. The number of carboxylic acid groups (broad SMARTS) is 1. The van der Waals surface area contributed by atoms with Crippen molar-refractivity contribution in [2.45, 2.75) is 39.0 Å². The highest BCUT2D eigenvalue weighted by Crippen LogP contribution is 2.59. The SMILES string of the molecule is Cc1cccc(CCC(=O)N2CCC3(CC2)CC3C(=O)O)c1. The van der Waals surface area contributed by atoms with Gasteiger partial charge in [0, 0.05) is 19.5 Å². The maximum absolute atomic E-state index is 12.3. The van der Waals surface area contributed by atoms with Gasteiger partial charge in [-0.1, -0.05) is 29.8 Å². The van der Waals surface area contributed by atoms with Crippen LogP contribution in [0.5, 0.6) is 0 Å². The Hall–Kier alpha value is -1.84. The summed E-state index contributed by atoms with van der Waals surface area (Å²) in [6.45, 7) is 3.50. The van der Waals surface area contributed by atoms with Gasteiger partial charge in [-0.2, -0.15) is 0 Å². The van der Waals surface area contributed by atoms with Gasteiger partial charge in [0.1, 0.15) is 0 Å². The highest BCUT2D eigenvalue weighted by atomic mass is 16.4. The molecule has 22 heavy (non-hydrogen) atoms. The van der Waals surface area contributed by atoms with Crippen molar-refractivity contribution in [1.82, 2.24) is 4.90 Å². The quantitative estimate of drug-likeness (QED) is 0.930.